The van der Waals surface area contributed by atoms with Gasteiger partial charge in [-0.15, -0.1) is 0 Å². The van der Waals surface area contributed by atoms with E-state index in [1.54, 1.807) is 0 Å². The van der Waals surface area contributed by atoms with Crippen LogP contribution in [0.15, 0.2) is 33.8 Å². The zero-order valence-electron chi connectivity index (χ0n) is 11.3. The van der Waals surface area contributed by atoms with Crippen LogP contribution in [0.25, 0.3) is 0 Å². The van der Waals surface area contributed by atoms with E-state index in [9.17, 15) is 0 Å². The van der Waals surface area contributed by atoms with Gasteiger partial charge in [0.25, 0.3) is 0 Å². The molecule has 0 N–H and O–H groups in total. The molecule has 0 aromatic heterocycles. The van der Waals surface area contributed by atoms with Crippen LogP contribution in [-0.2, 0) is 0 Å². The molecule has 0 bridgehead atoms. The Morgan fingerprint density at radius 3 is 2.76 bits per heavy atom. The molecule has 17 heavy (non-hydrogen) atoms. The molecule has 94 valence electrons. The van der Waals surface area contributed by atoms with E-state index in [2.05, 4.69) is 42.1 Å². The summed E-state index contributed by atoms with van der Waals surface area (Å²) < 4.78 is 0. The standard InChI is InChI=1S/C15H24N2/c1-4-9-13(5-2)12-17-15(16-3)14-10-7-6-8-11-14/h7,9-10,12,14H,4-6,8,11H2,1-3H3/b13-9+,16-15?,17-12?. The highest BCUT2D eigenvalue weighted by Crippen LogP contribution is 2.19. The molecule has 1 atom stereocenters. The lowest BCUT2D eigenvalue weighted by molar-refractivity contribution is 0.651. The number of rotatable bonds is 4. The summed E-state index contributed by atoms with van der Waals surface area (Å²) in [4.78, 5) is 8.88. The third-order valence-corrected chi connectivity index (χ3v) is 3.05. The van der Waals surface area contributed by atoms with E-state index >= 15 is 0 Å². The van der Waals surface area contributed by atoms with Gasteiger partial charge in [0, 0.05) is 19.2 Å². The zero-order chi connectivity index (χ0) is 12.5. The van der Waals surface area contributed by atoms with E-state index in [0.29, 0.717) is 5.92 Å². The van der Waals surface area contributed by atoms with Gasteiger partial charge in [0.2, 0.25) is 0 Å². The monoisotopic (exact) mass is 232 g/mol. The Labute approximate surface area is 105 Å². The minimum absolute atomic E-state index is 0.421. The normalized spacial score (nSPS) is 22.4. The molecule has 2 heteroatoms. The van der Waals surface area contributed by atoms with Crippen molar-refractivity contribution in [3.8, 4) is 0 Å². The van der Waals surface area contributed by atoms with Crippen molar-refractivity contribution in [3.05, 3.63) is 23.8 Å². The first kappa shape index (κ1) is 13.9. The maximum Gasteiger partial charge on any atom is 0.129 e. The molecular formula is C15H24N2. The van der Waals surface area contributed by atoms with E-state index in [4.69, 9.17) is 0 Å². The molecule has 0 aromatic carbocycles. The number of nitrogens with zero attached hydrogens (tertiary/aromatic N) is 2. The van der Waals surface area contributed by atoms with E-state index in [-0.39, 0.29) is 0 Å². The average molecular weight is 232 g/mol. The smallest absolute Gasteiger partial charge is 0.129 e. The number of hydrogen-bond acceptors (Lipinski definition) is 1. The fourth-order valence-electron chi connectivity index (χ4n) is 2.05. The van der Waals surface area contributed by atoms with Gasteiger partial charge in [0.1, 0.15) is 5.84 Å². The van der Waals surface area contributed by atoms with Gasteiger partial charge in [-0.05, 0) is 37.7 Å². The maximum atomic E-state index is 4.56. The lowest BCUT2D eigenvalue weighted by Crippen LogP contribution is -2.12. The second kappa shape index (κ2) is 7.99. The largest absolute Gasteiger partial charge is 0.273 e. The Morgan fingerprint density at radius 1 is 1.41 bits per heavy atom. The van der Waals surface area contributed by atoms with E-state index in [1.165, 1.54) is 24.8 Å². The van der Waals surface area contributed by atoms with Crippen molar-refractivity contribution >= 4 is 12.1 Å². The Morgan fingerprint density at radius 2 is 2.24 bits per heavy atom. The molecule has 0 saturated heterocycles. The number of allylic oxidation sites excluding steroid dienone is 3. The molecule has 0 saturated carbocycles. The zero-order valence-corrected chi connectivity index (χ0v) is 11.3. The Bertz CT molecular complexity index is 335. The molecule has 1 aliphatic carbocycles. The molecule has 0 amide bonds. The van der Waals surface area contributed by atoms with Crippen molar-refractivity contribution in [1.82, 2.24) is 0 Å². The highest BCUT2D eigenvalue weighted by molar-refractivity contribution is 5.96. The van der Waals surface area contributed by atoms with Crippen LogP contribution in [0.4, 0.5) is 0 Å². The van der Waals surface area contributed by atoms with Crippen LogP contribution in [-0.4, -0.2) is 19.1 Å². The number of aliphatic imine (C=N–C) groups is 2. The highest BCUT2D eigenvalue weighted by Gasteiger charge is 2.13. The van der Waals surface area contributed by atoms with E-state index in [1.807, 2.05) is 13.3 Å². The van der Waals surface area contributed by atoms with Gasteiger partial charge in [0.05, 0.1) is 0 Å². The van der Waals surface area contributed by atoms with Gasteiger partial charge in [-0.1, -0.05) is 32.1 Å². The second-order valence-electron chi connectivity index (χ2n) is 4.35. The topological polar surface area (TPSA) is 24.7 Å². The summed E-state index contributed by atoms with van der Waals surface area (Å²) in [6.07, 6.45) is 14.4. The minimum Gasteiger partial charge on any atom is -0.273 e. The summed E-state index contributed by atoms with van der Waals surface area (Å²) in [5, 5.41) is 0. The number of hydrogen-bond donors (Lipinski definition) is 0. The van der Waals surface area contributed by atoms with Crippen LogP contribution < -0.4 is 0 Å². The quantitative estimate of drug-likeness (QED) is 0.394. The maximum absolute atomic E-state index is 4.56. The molecule has 0 aromatic rings. The van der Waals surface area contributed by atoms with Crippen molar-refractivity contribution < 1.29 is 0 Å². The molecule has 1 aliphatic rings. The van der Waals surface area contributed by atoms with Crippen molar-refractivity contribution in [3.63, 3.8) is 0 Å². The first-order valence-corrected chi connectivity index (χ1v) is 6.68. The van der Waals surface area contributed by atoms with Gasteiger partial charge >= 0.3 is 0 Å². The Kier molecular flexibility index (Phi) is 6.53. The molecule has 0 radical (unpaired) electrons. The third-order valence-electron chi connectivity index (χ3n) is 3.05. The molecule has 0 aliphatic heterocycles. The van der Waals surface area contributed by atoms with E-state index < -0.39 is 0 Å². The minimum atomic E-state index is 0.421. The fraction of sp³-hybridized carbons (Fsp3) is 0.600. The number of amidine groups is 1. The first-order valence-electron chi connectivity index (χ1n) is 6.68. The fourth-order valence-corrected chi connectivity index (χ4v) is 2.05. The summed E-state index contributed by atoms with van der Waals surface area (Å²) in [7, 11) is 1.84. The van der Waals surface area contributed by atoms with Crippen LogP contribution >= 0.6 is 0 Å². The Balaban J connectivity index is 2.69. The molecule has 2 nitrogen and oxygen atoms in total. The second-order valence-corrected chi connectivity index (χ2v) is 4.35. The highest BCUT2D eigenvalue weighted by atomic mass is 14.9. The summed E-state index contributed by atoms with van der Waals surface area (Å²) >= 11 is 0. The van der Waals surface area contributed by atoms with Crippen LogP contribution in [0.3, 0.4) is 0 Å². The first-order chi connectivity index (χ1) is 8.31. The summed E-state index contributed by atoms with van der Waals surface area (Å²) in [5.41, 5.74) is 1.30. The summed E-state index contributed by atoms with van der Waals surface area (Å²) in [6.45, 7) is 4.32. The van der Waals surface area contributed by atoms with Crippen LogP contribution in [0, 0.1) is 5.92 Å². The predicted molar refractivity (Wildman–Crippen MR) is 77.0 cm³/mol. The van der Waals surface area contributed by atoms with Crippen molar-refractivity contribution in [1.29, 1.82) is 0 Å². The lowest BCUT2D eigenvalue weighted by atomic mass is 9.95. The van der Waals surface area contributed by atoms with Gasteiger partial charge in [-0.3, -0.25) is 4.99 Å². The van der Waals surface area contributed by atoms with Crippen molar-refractivity contribution in [2.24, 2.45) is 15.9 Å². The van der Waals surface area contributed by atoms with Gasteiger partial charge in [-0.25, -0.2) is 4.99 Å². The van der Waals surface area contributed by atoms with Crippen LogP contribution in [0.5, 0.6) is 0 Å². The molecule has 0 fully saturated rings. The van der Waals surface area contributed by atoms with Crippen molar-refractivity contribution in [2.75, 3.05) is 7.05 Å². The molecule has 1 unspecified atom stereocenters. The van der Waals surface area contributed by atoms with Gasteiger partial charge < -0.3 is 0 Å². The molecule has 0 spiro atoms. The third kappa shape index (κ3) is 4.68. The van der Waals surface area contributed by atoms with Gasteiger partial charge in [-0.2, -0.15) is 0 Å². The van der Waals surface area contributed by atoms with Crippen LogP contribution in [0.2, 0.25) is 0 Å². The Hall–Kier alpha value is -1.18. The summed E-state index contributed by atoms with van der Waals surface area (Å²) in [5.74, 6) is 1.39. The van der Waals surface area contributed by atoms with Crippen LogP contribution in [0.1, 0.15) is 46.0 Å². The van der Waals surface area contributed by atoms with Gasteiger partial charge in [0.15, 0.2) is 0 Å². The average Bonchev–Trinajstić information content (AvgIpc) is 2.39. The van der Waals surface area contributed by atoms with Crippen molar-refractivity contribution in [2.45, 2.75) is 46.0 Å². The summed E-state index contributed by atoms with van der Waals surface area (Å²) in [6, 6.07) is 0. The molecule has 1 rings (SSSR count). The molecule has 0 heterocycles. The molecular weight excluding hydrogens is 208 g/mol. The lowest BCUT2D eigenvalue weighted by Gasteiger charge is -2.15. The van der Waals surface area contributed by atoms with E-state index in [0.717, 1.165) is 18.7 Å². The predicted octanol–water partition coefficient (Wildman–Crippen LogP) is 4.19. The SMILES string of the molecule is CC/C=C(/C=NC(=NC)C1C=CCCC1)CC.